The third-order valence-electron chi connectivity index (χ3n) is 3.46. The van der Waals surface area contributed by atoms with Crippen LogP contribution in [0.2, 0.25) is 0 Å². The summed E-state index contributed by atoms with van der Waals surface area (Å²) >= 11 is 0. The van der Waals surface area contributed by atoms with E-state index in [9.17, 15) is 5.11 Å². The van der Waals surface area contributed by atoms with Crippen molar-refractivity contribution in [2.24, 2.45) is 0 Å². The van der Waals surface area contributed by atoms with Gasteiger partial charge in [-0.05, 0) is 49.7 Å². The summed E-state index contributed by atoms with van der Waals surface area (Å²) in [5.41, 5.74) is 6.09. The molecule has 3 nitrogen and oxygen atoms in total. The molecule has 2 aromatic heterocycles. The Kier molecular flexibility index (Phi) is 3.40. The number of nitrogens with zero attached hydrogens (tertiary/aromatic N) is 2. The summed E-state index contributed by atoms with van der Waals surface area (Å²) in [5, 5.41) is 9.37. The number of aryl methyl sites for hydroxylation is 2. The Morgan fingerprint density at radius 3 is 2.29 bits per heavy atom. The van der Waals surface area contributed by atoms with Crippen LogP contribution >= 0.6 is 0 Å². The van der Waals surface area contributed by atoms with Gasteiger partial charge < -0.3 is 5.11 Å². The summed E-state index contributed by atoms with van der Waals surface area (Å²) < 4.78 is 0. The van der Waals surface area contributed by atoms with E-state index in [2.05, 4.69) is 11.1 Å². The Labute approximate surface area is 124 Å². The standard InChI is InChI=1S/C18H16N2O/c1-12-11-15(9-10-19-12)18-8-7-17(13(2)20-18)14-3-5-16(21)6-4-14/h3-11,21H,1-2H3. The maximum atomic E-state index is 9.37. The molecule has 0 fully saturated rings. The topological polar surface area (TPSA) is 46.0 Å². The molecule has 3 rings (SSSR count). The Bertz CT molecular complexity index is 779. The number of hydrogen-bond acceptors (Lipinski definition) is 3. The minimum absolute atomic E-state index is 0.272. The van der Waals surface area contributed by atoms with Gasteiger partial charge in [0.25, 0.3) is 0 Å². The highest BCUT2D eigenvalue weighted by Gasteiger charge is 2.06. The molecule has 0 saturated heterocycles. The van der Waals surface area contributed by atoms with Crippen molar-refractivity contribution in [3.63, 3.8) is 0 Å². The first-order chi connectivity index (χ1) is 10.1. The maximum Gasteiger partial charge on any atom is 0.115 e. The molecule has 0 unspecified atom stereocenters. The third-order valence-corrected chi connectivity index (χ3v) is 3.46. The van der Waals surface area contributed by atoms with Crippen molar-refractivity contribution in [1.29, 1.82) is 0 Å². The molecule has 0 spiro atoms. The first-order valence-electron chi connectivity index (χ1n) is 6.83. The molecule has 1 N–H and O–H groups in total. The normalized spacial score (nSPS) is 10.6. The van der Waals surface area contributed by atoms with Crippen LogP contribution < -0.4 is 0 Å². The second-order valence-electron chi connectivity index (χ2n) is 5.06. The number of benzene rings is 1. The summed E-state index contributed by atoms with van der Waals surface area (Å²) in [6.45, 7) is 3.97. The van der Waals surface area contributed by atoms with E-state index in [4.69, 9.17) is 4.98 Å². The lowest BCUT2D eigenvalue weighted by Crippen LogP contribution is -1.92. The summed E-state index contributed by atoms with van der Waals surface area (Å²) in [7, 11) is 0. The Morgan fingerprint density at radius 2 is 1.62 bits per heavy atom. The fourth-order valence-electron chi connectivity index (χ4n) is 2.37. The minimum atomic E-state index is 0.272. The van der Waals surface area contributed by atoms with Gasteiger partial charge in [-0.1, -0.05) is 18.2 Å². The lowest BCUT2D eigenvalue weighted by atomic mass is 10.0. The SMILES string of the molecule is Cc1cc(-c2ccc(-c3ccc(O)cc3)c(C)n2)ccn1. The molecule has 3 heteroatoms. The largest absolute Gasteiger partial charge is 0.508 e. The number of aromatic hydroxyl groups is 1. The molecule has 0 radical (unpaired) electrons. The molecule has 0 bridgehead atoms. The van der Waals surface area contributed by atoms with Gasteiger partial charge in [0.05, 0.1) is 5.69 Å². The van der Waals surface area contributed by atoms with Gasteiger partial charge in [0.15, 0.2) is 0 Å². The van der Waals surface area contributed by atoms with Gasteiger partial charge in [-0.3, -0.25) is 9.97 Å². The zero-order valence-electron chi connectivity index (χ0n) is 12.0. The minimum Gasteiger partial charge on any atom is -0.508 e. The Balaban J connectivity index is 2.02. The van der Waals surface area contributed by atoms with E-state index in [0.717, 1.165) is 33.8 Å². The molecule has 0 aliphatic rings. The fraction of sp³-hybridized carbons (Fsp3) is 0.111. The number of phenols is 1. The molecule has 0 amide bonds. The summed E-state index contributed by atoms with van der Waals surface area (Å²) in [4.78, 5) is 8.90. The molecule has 3 aromatic rings. The summed E-state index contributed by atoms with van der Waals surface area (Å²) in [6, 6.07) is 15.3. The smallest absolute Gasteiger partial charge is 0.115 e. The molecule has 0 aliphatic heterocycles. The van der Waals surface area contributed by atoms with Gasteiger partial charge in [0, 0.05) is 28.7 Å². The van der Waals surface area contributed by atoms with E-state index in [1.165, 1.54) is 0 Å². The van der Waals surface area contributed by atoms with Gasteiger partial charge in [-0.15, -0.1) is 0 Å². The van der Waals surface area contributed by atoms with E-state index >= 15 is 0 Å². The van der Waals surface area contributed by atoms with Crippen LogP contribution in [0.5, 0.6) is 5.75 Å². The van der Waals surface area contributed by atoms with Crippen molar-refractivity contribution >= 4 is 0 Å². The van der Waals surface area contributed by atoms with Crippen molar-refractivity contribution in [1.82, 2.24) is 9.97 Å². The van der Waals surface area contributed by atoms with Gasteiger partial charge in [-0.2, -0.15) is 0 Å². The van der Waals surface area contributed by atoms with E-state index in [-0.39, 0.29) is 5.75 Å². The van der Waals surface area contributed by atoms with E-state index < -0.39 is 0 Å². The second kappa shape index (κ2) is 5.37. The van der Waals surface area contributed by atoms with Gasteiger partial charge in [0.2, 0.25) is 0 Å². The molecule has 2 heterocycles. The highest BCUT2D eigenvalue weighted by molar-refractivity contribution is 5.70. The first-order valence-corrected chi connectivity index (χ1v) is 6.83. The van der Waals surface area contributed by atoms with Crippen molar-refractivity contribution in [2.75, 3.05) is 0 Å². The van der Waals surface area contributed by atoms with Crippen molar-refractivity contribution in [3.8, 4) is 28.1 Å². The lowest BCUT2D eigenvalue weighted by molar-refractivity contribution is 0.475. The molecular weight excluding hydrogens is 260 g/mol. The zero-order chi connectivity index (χ0) is 14.8. The lowest BCUT2D eigenvalue weighted by Gasteiger charge is -2.09. The fourth-order valence-corrected chi connectivity index (χ4v) is 2.37. The second-order valence-corrected chi connectivity index (χ2v) is 5.06. The highest BCUT2D eigenvalue weighted by Crippen LogP contribution is 2.27. The molecule has 0 saturated carbocycles. The van der Waals surface area contributed by atoms with Crippen LogP contribution in [0.15, 0.2) is 54.7 Å². The molecule has 0 atom stereocenters. The summed E-state index contributed by atoms with van der Waals surface area (Å²) in [6.07, 6.45) is 1.80. The predicted molar refractivity (Wildman–Crippen MR) is 84.0 cm³/mol. The zero-order valence-corrected chi connectivity index (χ0v) is 12.0. The molecule has 21 heavy (non-hydrogen) atoms. The monoisotopic (exact) mass is 276 g/mol. The third kappa shape index (κ3) is 2.77. The van der Waals surface area contributed by atoms with E-state index in [0.29, 0.717) is 0 Å². The van der Waals surface area contributed by atoms with Gasteiger partial charge in [-0.25, -0.2) is 0 Å². The first kappa shape index (κ1) is 13.3. The molecular formula is C18H16N2O. The van der Waals surface area contributed by atoms with Crippen LogP contribution in [0.25, 0.3) is 22.4 Å². The summed E-state index contributed by atoms with van der Waals surface area (Å²) in [5.74, 6) is 0.272. The van der Waals surface area contributed by atoms with Crippen molar-refractivity contribution in [2.45, 2.75) is 13.8 Å². The average molecular weight is 276 g/mol. The average Bonchev–Trinajstić information content (AvgIpc) is 2.48. The highest BCUT2D eigenvalue weighted by atomic mass is 16.3. The molecule has 1 aromatic carbocycles. The van der Waals surface area contributed by atoms with Crippen LogP contribution in [0.3, 0.4) is 0 Å². The number of phenolic OH excluding ortho intramolecular Hbond substituents is 1. The van der Waals surface area contributed by atoms with Gasteiger partial charge >= 0.3 is 0 Å². The van der Waals surface area contributed by atoms with Crippen LogP contribution in [0, 0.1) is 13.8 Å². The van der Waals surface area contributed by atoms with Gasteiger partial charge in [0.1, 0.15) is 5.75 Å². The predicted octanol–water partition coefficient (Wildman–Crippen LogP) is 4.13. The molecule has 0 aliphatic carbocycles. The maximum absolute atomic E-state index is 9.37. The quantitative estimate of drug-likeness (QED) is 0.765. The van der Waals surface area contributed by atoms with Crippen LogP contribution in [0.1, 0.15) is 11.4 Å². The van der Waals surface area contributed by atoms with Crippen LogP contribution in [-0.2, 0) is 0 Å². The molecule has 104 valence electrons. The van der Waals surface area contributed by atoms with Crippen molar-refractivity contribution < 1.29 is 5.11 Å². The van der Waals surface area contributed by atoms with E-state index in [1.54, 1.807) is 18.3 Å². The van der Waals surface area contributed by atoms with Crippen LogP contribution in [-0.4, -0.2) is 15.1 Å². The number of aromatic nitrogens is 2. The van der Waals surface area contributed by atoms with Crippen LogP contribution in [0.4, 0.5) is 0 Å². The van der Waals surface area contributed by atoms with E-state index in [1.807, 2.05) is 44.2 Å². The Hall–Kier alpha value is -2.68. The Morgan fingerprint density at radius 1 is 0.857 bits per heavy atom. The number of rotatable bonds is 2. The number of hydrogen-bond donors (Lipinski definition) is 1. The number of pyridine rings is 2. The van der Waals surface area contributed by atoms with Crippen molar-refractivity contribution in [3.05, 3.63) is 66.1 Å².